The van der Waals surface area contributed by atoms with E-state index in [2.05, 4.69) is 35.6 Å². The van der Waals surface area contributed by atoms with Gasteiger partial charge < -0.3 is 9.80 Å². The second-order valence-corrected chi connectivity index (χ2v) is 5.64. The maximum absolute atomic E-state index is 3.63. The summed E-state index contributed by atoms with van der Waals surface area (Å²) in [5, 5.41) is 3.63. The Morgan fingerprint density at radius 2 is 2.20 bits per heavy atom. The molecule has 1 spiro atoms. The molecule has 4 rings (SSSR count). The molecule has 1 N–H and O–H groups in total. The monoisotopic (exact) mass is 201 g/mol. The van der Waals surface area contributed by atoms with Crippen molar-refractivity contribution in [2.45, 2.75) is 24.5 Å². The van der Waals surface area contributed by atoms with Gasteiger partial charge in [-0.05, 0) is 0 Å². The summed E-state index contributed by atoms with van der Waals surface area (Å²) in [5.41, 5.74) is 2.17. The fourth-order valence-corrected chi connectivity index (χ4v) is 3.98. The van der Waals surface area contributed by atoms with Crippen LogP contribution in [0.4, 0.5) is 0 Å². The molecule has 2 nitrogen and oxygen atoms in total. The minimum absolute atomic E-state index is 0.653. The molecule has 3 aliphatic heterocycles. The van der Waals surface area contributed by atoms with Gasteiger partial charge in [0.25, 0.3) is 0 Å². The number of nitrogens with zero attached hydrogens (tertiary/aromatic N) is 1. The minimum atomic E-state index is 0.653. The molecule has 0 saturated carbocycles. The zero-order valence-electron chi connectivity index (χ0n) is 8.95. The summed E-state index contributed by atoms with van der Waals surface area (Å²) in [7, 11) is 0. The van der Waals surface area contributed by atoms with Gasteiger partial charge in [-0.15, -0.1) is 0 Å². The number of piperidine rings is 1. The molecule has 0 aliphatic carbocycles. The summed E-state index contributed by atoms with van der Waals surface area (Å²) in [6.45, 7) is 5.32. The Labute approximate surface area is 90.5 Å². The highest BCUT2D eigenvalue weighted by molar-refractivity contribution is 5.17. The molecule has 0 amide bonds. The number of piperazine rings is 1. The molecular weight excluding hydrogens is 184 g/mol. The molecular formula is C13H17N2+. The van der Waals surface area contributed by atoms with E-state index >= 15 is 0 Å². The molecule has 1 aromatic carbocycles. The van der Waals surface area contributed by atoms with Crippen LogP contribution in [0.3, 0.4) is 0 Å². The van der Waals surface area contributed by atoms with Crippen LogP contribution in [0.2, 0.25) is 0 Å². The Morgan fingerprint density at radius 3 is 2.87 bits per heavy atom. The van der Waals surface area contributed by atoms with Gasteiger partial charge in [-0.25, -0.2) is 0 Å². The van der Waals surface area contributed by atoms with Crippen LogP contribution in [0, 0.1) is 0 Å². The molecule has 3 atom stereocenters. The van der Waals surface area contributed by atoms with Crippen LogP contribution >= 0.6 is 0 Å². The van der Waals surface area contributed by atoms with Crippen molar-refractivity contribution >= 4 is 0 Å². The van der Waals surface area contributed by atoms with Gasteiger partial charge >= 0.3 is 0 Å². The lowest BCUT2D eigenvalue weighted by molar-refractivity contribution is -0.835. The first-order valence-corrected chi connectivity index (χ1v) is 5.96. The Morgan fingerprint density at radius 1 is 1.33 bits per heavy atom. The van der Waals surface area contributed by atoms with Gasteiger partial charge in [0, 0.05) is 12.0 Å². The van der Waals surface area contributed by atoms with Crippen LogP contribution < -0.4 is 5.32 Å². The maximum atomic E-state index is 3.63. The minimum Gasteiger partial charge on any atom is -0.303 e. The van der Waals surface area contributed by atoms with Crippen LogP contribution in [0.5, 0.6) is 0 Å². The first-order valence-electron chi connectivity index (χ1n) is 5.96. The van der Waals surface area contributed by atoms with Gasteiger partial charge in [0.1, 0.15) is 13.1 Å². The van der Waals surface area contributed by atoms with Gasteiger partial charge in [0.05, 0.1) is 19.1 Å². The Hall–Kier alpha value is -0.860. The topological polar surface area (TPSA) is 12.0 Å². The Balaban J connectivity index is 1.62. The zero-order chi connectivity index (χ0) is 9.93. The highest BCUT2D eigenvalue weighted by Crippen LogP contribution is 2.55. The van der Waals surface area contributed by atoms with Gasteiger partial charge in [0.2, 0.25) is 0 Å². The number of hydrogen-bond donors (Lipinski definition) is 1. The summed E-state index contributed by atoms with van der Waals surface area (Å²) in [6, 6.07) is 11.8. The number of nitrogens with one attached hydrogen (secondary N) is 1. The van der Waals surface area contributed by atoms with E-state index in [1.54, 1.807) is 0 Å². The number of benzene rings is 1. The van der Waals surface area contributed by atoms with E-state index in [1.165, 1.54) is 42.6 Å². The zero-order valence-corrected chi connectivity index (χ0v) is 8.95. The van der Waals surface area contributed by atoms with Crippen molar-refractivity contribution in [3.8, 4) is 0 Å². The van der Waals surface area contributed by atoms with E-state index in [9.17, 15) is 0 Å². The van der Waals surface area contributed by atoms with Gasteiger partial charge in [-0.1, -0.05) is 30.3 Å². The highest BCUT2D eigenvalue weighted by atomic mass is 15.6. The van der Waals surface area contributed by atoms with Crippen molar-refractivity contribution in [2.75, 3.05) is 19.6 Å². The van der Waals surface area contributed by atoms with Crippen LogP contribution in [0.25, 0.3) is 0 Å². The summed E-state index contributed by atoms with van der Waals surface area (Å²) >= 11 is 0. The Kier molecular flexibility index (Phi) is 1.35. The molecule has 0 radical (unpaired) electrons. The normalized spacial score (nSPS) is 45.5. The predicted octanol–water partition coefficient (Wildman–Crippen LogP) is 1.13. The van der Waals surface area contributed by atoms with E-state index in [0.29, 0.717) is 5.54 Å². The number of rotatable bonds is 2. The third-order valence-electron chi connectivity index (χ3n) is 4.74. The summed E-state index contributed by atoms with van der Waals surface area (Å²) in [6.07, 6.45) is 1.43. The average Bonchev–Trinajstić information content (AvgIpc) is 2.55. The van der Waals surface area contributed by atoms with Gasteiger partial charge in [0.15, 0.2) is 5.54 Å². The molecule has 3 aliphatic rings. The molecule has 2 bridgehead atoms. The van der Waals surface area contributed by atoms with Crippen LogP contribution in [0.15, 0.2) is 30.3 Å². The SMILES string of the molecule is c1ccc(C[N+]23C[C@@H]4C[C@@]2(CN4)C3)cc1. The van der Waals surface area contributed by atoms with Crippen molar-refractivity contribution in [3.63, 3.8) is 0 Å². The first-order chi connectivity index (χ1) is 7.32. The Bertz CT molecular complexity index is 402. The van der Waals surface area contributed by atoms with Crippen molar-refractivity contribution in [3.05, 3.63) is 35.9 Å². The van der Waals surface area contributed by atoms with Crippen LogP contribution in [-0.4, -0.2) is 35.7 Å². The van der Waals surface area contributed by atoms with E-state index in [1.807, 2.05) is 0 Å². The number of quaternary nitrogens is 1. The van der Waals surface area contributed by atoms with E-state index in [-0.39, 0.29) is 0 Å². The van der Waals surface area contributed by atoms with E-state index in [0.717, 1.165) is 6.04 Å². The first kappa shape index (κ1) is 8.31. The summed E-state index contributed by atoms with van der Waals surface area (Å²) in [4.78, 5) is 0. The van der Waals surface area contributed by atoms with E-state index in [4.69, 9.17) is 0 Å². The summed E-state index contributed by atoms with van der Waals surface area (Å²) < 4.78 is 1.38. The van der Waals surface area contributed by atoms with Crippen LogP contribution in [0.1, 0.15) is 12.0 Å². The third-order valence-corrected chi connectivity index (χ3v) is 4.74. The lowest BCUT2D eigenvalue weighted by atomic mass is 10.1. The highest BCUT2D eigenvalue weighted by Gasteiger charge is 2.77. The molecule has 1 aromatic rings. The largest absolute Gasteiger partial charge is 0.303 e. The predicted molar refractivity (Wildman–Crippen MR) is 59.3 cm³/mol. The quantitative estimate of drug-likeness (QED) is 0.559. The molecule has 1 unspecified atom stereocenters. The molecule has 15 heavy (non-hydrogen) atoms. The van der Waals surface area contributed by atoms with Crippen LogP contribution in [-0.2, 0) is 6.54 Å². The number of fused-ring (bicyclic) bond motifs is 1. The molecule has 2 heteroatoms. The average molecular weight is 201 g/mol. The third kappa shape index (κ3) is 0.963. The van der Waals surface area contributed by atoms with Gasteiger partial charge in [-0.2, -0.15) is 0 Å². The smallest absolute Gasteiger partial charge is 0.163 e. The number of hydrogen-bond acceptors (Lipinski definition) is 1. The lowest BCUT2D eigenvalue weighted by Crippen LogP contribution is -2.44. The van der Waals surface area contributed by atoms with Crippen molar-refractivity contribution < 1.29 is 4.48 Å². The molecule has 3 saturated heterocycles. The molecule has 78 valence electrons. The van der Waals surface area contributed by atoms with E-state index < -0.39 is 0 Å². The maximum Gasteiger partial charge on any atom is 0.163 e. The van der Waals surface area contributed by atoms with Crippen molar-refractivity contribution in [1.82, 2.24) is 5.32 Å². The van der Waals surface area contributed by atoms with Gasteiger partial charge in [-0.3, -0.25) is 0 Å². The lowest BCUT2D eigenvalue weighted by Gasteiger charge is -2.24. The fourth-order valence-electron chi connectivity index (χ4n) is 3.98. The molecule has 3 heterocycles. The fraction of sp³-hybridized carbons (Fsp3) is 0.538. The second kappa shape index (κ2) is 2.45. The van der Waals surface area contributed by atoms with Crippen molar-refractivity contribution in [2.24, 2.45) is 0 Å². The molecule has 3 fully saturated rings. The van der Waals surface area contributed by atoms with Crippen molar-refractivity contribution in [1.29, 1.82) is 0 Å². The molecule has 0 aromatic heterocycles. The standard InChI is InChI=1S/C13H17N2/c1-2-4-11(5-3-1)7-15-8-12-6-13(15,10-15)9-14-12/h1-5,12,14H,6-10H2/q+1/t12-,13+,15?/m0/s1. The second-order valence-electron chi connectivity index (χ2n) is 5.64. The summed E-state index contributed by atoms with van der Waals surface area (Å²) in [5.74, 6) is 0.